The van der Waals surface area contributed by atoms with E-state index in [2.05, 4.69) is 60.5 Å². The van der Waals surface area contributed by atoms with E-state index in [0.29, 0.717) is 5.13 Å². The minimum atomic E-state index is -0.142. The van der Waals surface area contributed by atoms with Gasteiger partial charge in [-0.15, -0.1) is 11.3 Å². The molecule has 144 valence electrons. The zero-order valence-electron chi connectivity index (χ0n) is 16.3. The topological polar surface area (TPSA) is 45.2 Å². The number of aromatic nitrogens is 1. The highest BCUT2D eigenvalue weighted by atomic mass is 32.1. The Kier molecular flexibility index (Phi) is 5.44. The van der Waals surface area contributed by atoms with Gasteiger partial charge in [0.25, 0.3) is 0 Å². The molecule has 0 radical (unpaired) electrons. The molecule has 3 aromatic rings. The molecule has 1 N–H and O–H groups in total. The van der Waals surface area contributed by atoms with Crippen molar-refractivity contribution in [2.24, 2.45) is 0 Å². The first-order chi connectivity index (χ1) is 13.7. The first kappa shape index (κ1) is 18.7. The van der Waals surface area contributed by atoms with E-state index in [1.54, 1.807) is 11.3 Å². The highest BCUT2D eigenvalue weighted by Crippen LogP contribution is 2.32. The Hall–Kier alpha value is -2.66. The minimum absolute atomic E-state index is 0.0362. The van der Waals surface area contributed by atoms with Crippen LogP contribution < -0.4 is 10.2 Å². The molecule has 4 rings (SSSR count). The number of carbonyl (C=O) groups is 1. The monoisotopic (exact) mass is 391 g/mol. The van der Waals surface area contributed by atoms with Crippen molar-refractivity contribution in [3.05, 3.63) is 65.0 Å². The summed E-state index contributed by atoms with van der Waals surface area (Å²) in [6, 6.07) is 18.4. The average Bonchev–Trinajstić information content (AvgIpc) is 3.36. The molecule has 28 heavy (non-hydrogen) atoms. The third-order valence-electron chi connectivity index (χ3n) is 5.22. The van der Waals surface area contributed by atoms with Crippen LogP contribution in [-0.2, 0) is 11.2 Å². The van der Waals surface area contributed by atoms with Crippen molar-refractivity contribution in [1.82, 2.24) is 4.98 Å². The number of nitrogens with zero attached hydrogens (tertiary/aromatic N) is 2. The lowest BCUT2D eigenvalue weighted by Gasteiger charge is -2.25. The van der Waals surface area contributed by atoms with E-state index < -0.39 is 0 Å². The van der Waals surface area contributed by atoms with Crippen LogP contribution in [0, 0.1) is 6.92 Å². The van der Waals surface area contributed by atoms with Gasteiger partial charge in [0.15, 0.2) is 5.13 Å². The summed E-state index contributed by atoms with van der Waals surface area (Å²) in [6.07, 6.45) is 2.80. The molecule has 4 nitrogen and oxygen atoms in total. The second-order valence-corrected chi connectivity index (χ2v) is 8.27. The van der Waals surface area contributed by atoms with Gasteiger partial charge < -0.3 is 10.2 Å². The fraction of sp³-hybridized carbons (Fsp3) is 0.304. The third kappa shape index (κ3) is 3.80. The van der Waals surface area contributed by atoms with Crippen LogP contribution in [-0.4, -0.2) is 23.5 Å². The highest BCUT2D eigenvalue weighted by molar-refractivity contribution is 7.16. The van der Waals surface area contributed by atoms with E-state index in [4.69, 9.17) is 4.98 Å². The van der Waals surface area contributed by atoms with Crippen LogP contribution in [0.5, 0.6) is 0 Å². The number of amides is 1. The Bertz CT molecular complexity index is 950. The molecule has 1 atom stereocenters. The lowest BCUT2D eigenvalue weighted by Crippen LogP contribution is -2.39. The van der Waals surface area contributed by atoms with Gasteiger partial charge in [-0.3, -0.25) is 4.79 Å². The van der Waals surface area contributed by atoms with E-state index in [9.17, 15) is 4.79 Å². The summed E-state index contributed by atoms with van der Waals surface area (Å²) in [4.78, 5) is 21.2. The maximum Gasteiger partial charge on any atom is 0.248 e. The fourth-order valence-electron chi connectivity index (χ4n) is 3.74. The second-order valence-electron chi connectivity index (χ2n) is 7.19. The van der Waals surface area contributed by atoms with Crippen molar-refractivity contribution in [3.63, 3.8) is 0 Å². The van der Waals surface area contributed by atoms with Gasteiger partial charge >= 0.3 is 0 Å². The summed E-state index contributed by atoms with van der Waals surface area (Å²) in [6.45, 7) is 5.12. The number of carbonyl (C=O) groups excluding carboxylic acids is 1. The van der Waals surface area contributed by atoms with Crippen molar-refractivity contribution in [2.45, 2.75) is 39.2 Å². The largest absolute Gasteiger partial charge is 0.360 e. The van der Waals surface area contributed by atoms with Crippen molar-refractivity contribution < 1.29 is 4.79 Å². The predicted octanol–water partition coefficient (Wildman–Crippen LogP) is 5.29. The van der Waals surface area contributed by atoms with E-state index in [0.717, 1.165) is 42.8 Å². The van der Waals surface area contributed by atoms with Crippen molar-refractivity contribution in [2.75, 3.05) is 16.8 Å². The predicted molar refractivity (Wildman–Crippen MR) is 117 cm³/mol. The number of aryl methyl sites for hydroxylation is 2. The molecule has 1 aliphatic heterocycles. The first-order valence-electron chi connectivity index (χ1n) is 9.85. The van der Waals surface area contributed by atoms with Crippen LogP contribution in [0.3, 0.4) is 0 Å². The van der Waals surface area contributed by atoms with Gasteiger partial charge in [0.05, 0.1) is 5.69 Å². The Labute approximate surface area is 170 Å². The number of thiazole rings is 1. The molecule has 1 aliphatic rings. The van der Waals surface area contributed by atoms with Gasteiger partial charge in [0.2, 0.25) is 5.91 Å². The van der Waals surface area contributed by atoms with Gasteiger partial charge in [-0.1, -0.05) is 55.0 Å². The van der Waals surface area contributed by atoms with Crippen LogP contribution in [0.4, 0.5) is 10.8 Å². The molecule has 2 heterocycles. The maximum atomic E-state index is 13.0. The number of hydrogen-bond acceptors (Lipinski definition) is 4. The smallest absolute Gasteiger partial charge is 0.248 e. The van der Waals surface area contributed by atoms with Crippen LogP contribution in [0.25, 0.3) is 11.3 Å². The summed E-state index contributed by atoms with van der Waals surface area (Å²) in [5.41, 5.74) is 4.41. The number of rotatable bonds is 5. The number of anilines is 2. The van der Waals surface area contributed by atoms with Crippen molar-refractivity contribution >= 4 is 28.1 Å². The van der Waals surface area contributed by atoms with Gasteiger partial charge in [0.1, 0.15) is 6.04 Å². The summed E-state index contributed by atoms with van der Waals surface area (Å²) in [5.74, 6) is 0.0362. The molecule has 1 amide bonds. The Morgan fingerprint density at radius 2 is 1.93 bits per heavy atom. The number of nitrogens with one attached hydrogen (secondary N) is 1. The molecule has 0 aliphatic carbocycles. The first-order valence-corrected chi connectivity index (χ1v) is 10.7. The molecular formula is C23H25N3OS. The minimum Gasteiger partial charge on any atom is -0.360 e. The highest BCUT2D eigenvalue weighted by Gasteiger charge is 2.31. The van der Waals surface area contributed by atoms with Crippen LogP contribution in [0.15, 0.2) is 54.6 Å². The Balaban J connectivity index is 1.53. The van der Waals surface area contributed by atoms with Crippen LogP contribution in [0.2, 0.25) is 0 Å². The summed E-state index contributed by atoms with van der Waals surface area (Å²) in [7, 11) is 0. The van der Waals surface area contributed by atoms with Crippen molar-refractivity contribution in [1.29, 1.82) is 0 Å². The lowest BCUT2D eigenvalue weighted by atomic mass is 10.1. The van der Waals surface area contributed by atoms with E-state index in [1.165, 1.54) is 10.4 Å². The molecule has 0 unspecified atom stereocenters. The zero-order valence-corrected chi connectivity index (χ0v) is 17.1. The molecular weight excluding hydrogens is 366 g/mol. The molecule has 0 saturated carbocycles. The van der Waals surface area contributed by atoms with E-state index >= 15 is 0 Å². The summed E-state index contributed by atoms with van der Waals surface area (Å²) >= 11 is 1.58. The van der Waals surface area contributed by atoms with E-state index in [-0.39, 0.29) is 11.9 Å². The van der Waals surface area contributed by atoms with Crippen molar-refractivity contribution in [3.8, 4) is 11.3 Å². The summed E-state index contributed by atoms with van der Waals surface area (Å²) < 4.78 is 0. The average molecular weight is 392 g/mol. The maximum absolute atomic E-state index is 13.0. The van der Waals surface area contributed by atoms with Gasteiger partial charge in [0, 0.05) is 22.7 Å². The molecule has 0 spiro atoms. The van der Waals surface area contributed by atoms with Gasteiger partial charge in [-0.25, -0.2) is 4.98 Å². The second kappa shape index (κ2) is 8.15. The van der Waals surface area contributed by atoms with E-state index in [1.807, 2.05) is 18.2 Å². The number of hydrogen-bond donors (Lipinski definition) is 1. The lowest BCUT2D eigenvalue weighted by molar-refractivity contribution is -0.117. The Morgan fingerprint density at radius 1 is 1.18 bits per heavy atom. The van der Waals surface area contributed by atoms with Crippen LogP contribution in [0.1, 0.15) is 30.2 Å². The standard InChI is InChI=1S/C23H25N3OS/c1-3-20-21(17-8-5-4-6-9-17)24-23(28-20)25-22(27)19-10-7-15-26(19)18-13-11-16(2)12-14-18/h4-6,8-9,11-14,19H,3,7,10,15H2,1-2H3,(H,24,25,27)/t19-/m0/s1. The molecule has 2 aromatic carbocycles. The van der Waals surface area contributed by atoms with Gasteiger partial charge in [-0.2, -0.15) is 0 Å². The van der Waals surface area contributed by atoms with Crippen LogP contribution >= 0.6 is 11.3 Å². The molecule has 5 heteroatoms. The summed E-state index contributed by atoms with van der Waals surface area (Å²) in [5, 5.41) is 3.78. The molecule has 1 fully saturated rings. The SMILES string of the molecule is CCc1sc(NC(=O)[C@@H]2CCCN2c2ccc(C)cc2)nc1-c1ccccc1. The molecule has 0 bridgehead atoms. The third-order valence-corrected chi connectivity index (χ3v) is 6.33. The Morgan fingerprint density at radius 3 is 2.64 bits per heavy atom. The quantitative estimate of drug-likeness (QED) is 0.643. The normalized spacial score (nSPS) is 16.4. The molecule has 1 aromatic heterocycles. The number of benzene rings is 2. The zero-order chi connectivity index (χ0) is 19.5. The van der Waals surface area contributed by atoms with Gasteiger partial charge in [-0.05, 0) is 38.3 Å². The fourth-order valence-corrected chi connectivity index (χ4v) is 4.67. The molecule has 1 saturated heterocycles.